The zero-order valence-corrected chi connectivity index (χ0v) is 11.8. The highest BCUT2D eigenvalue weighted by molar-refractivity contribution is 7.80. The van der Waals surface area contributed by atoms with E-state index in [4.69, 9.17) is 32.2 Å². The molecule has 18 heavy (non-hydrogen) atoms. The summed E-state index contributed by atoms with van der Waals surface area (Å²) in [7, 11) is 1.59. The van der Waals surface area contributed by atoms with Gasteiger partial charge in [-0.15, -0.1) is 0 Å². The van der Waals surface area contributed by atoms with Crippen LogP contribution in [0.1, 0.15) is 19.4 Å². The van der Waals surface area contributed by atoms with Crippen molar-refractivity contribution in [3.63, 3.8) is 0 Å². The molecule has 1 aromatic carbocycles. The molecule has 0 aromatic heterocycles. The summed E-state index contributed by atoms with van der Waals surface area (Å²) in [5.74, 6) is 1.34. The van der Waals surface area contributed by atoms with Crippen molar-refractivity contribution in [1.29, 1.82) is 0 Å². The first-order valence-corrected chi connectivity index (χ1v) is 6.17. The van der Waals surface area contributed by atoms with Crippen molar-refractivity contribution in [2.75, 3.05) is 20.3 Å². The van der Waals surface area contributed by atoms with Gasteiger partial charge in [0.15, 0.2) is 0 Å². The van der Waals surface area contributed by atoms with Crippen LogP contribution in [0.3, 0.4) is 0 Å². The van der Waals surface area contributed by atoms with Crippen molar-refractivity contribution in [3.05, 3.63) is 23.8 Å². The minimum Gasteiger partial charge on any atom is -0.497 e. The molecule has 0 aliphatic heterocycles. The molecule has 100 valence electrons. The number of ether oxygens (including phenoxy) is 3. The first-order chi connectivity index (χ1) is 8.52. The molecule has 0 amide bonds. The van der Waals surface area contributed by atoms with Crippen molar-refractivity contribution in [1.82, 2.24) is 0 Å². The normalized spacial score (nSPS) is 10.4. The van der Waals surface area contributed by atoms with Crippen LogP contribution in [0.15, 0.2) is 18.2 Å². The highest BCUT2D eigenvalue weighted by Crippen LogP contribution is 2.22. The second kappa shape index (κ2) is 7.18. The van der Waals surface area contributed by atoms with E-state index < -0.39 is 0 Å². The summed E-state index contributed by atoms with van der Waals surface area (Å²) < 4.78 is 16.1. The van der Waals surface area contributed by atoms with Gasteiger partial charge in [-0.2, -0.15) is 0 Å². The lowest BCUT2D eigenvalue weighted by Crippen LogP contribution is -2.12. The van der Waals surface area contributed by atoms with Gasteiger partial charge in [-0.25, -0.2) is 0 Å². The predicted molar refractivity (Wildman–Crippen MR) is 75.5 cm³/mol. The van der Waals surface area contributed by atoms with Crippen LogP contribution in [0.25, 0.3) is 0 Å². The van der Waals surface area contributed by atoms with E-state index in [1.807, 2.05) is 13.8 Å². The number of nitrogens with two attached hydrogens (primary N) is 1. The fraction of sp³-hybridized carbons (Fsp3) is 0.462. The Morgan fingerprint density at radius 3 is 2.44 bits per heavy atom. The number of rotatable bonds is 7. The standard InChI is InChI=1S/C13H19NO3S/c1-9(2)16-4-5-17-12-7-10(13(14)18)6-11(8-12)15-3/h6-9H,4-5H2,1-3H3,(H2,14,18). The maximum absolute atomic E-state index is 5.60. The lowest BCUT2D eigenvalue weighted by molar-refractivity contribution is 0.0552. The van der Waals surface area contributed by atoms with E-state index in [-0.39, 0.29) is 6.10 Å². The Balaban J connectivity index is 2.64. The summed E-state index contributed by atoms with van der Waals surface area (Å²) in [4.78, 5) is 0.317. The SMILES string of the molecule is COc1cc(OCCOC(C)C)cc(C(N)=S)c1. The number of thiocarbonyl (C=S) groups is 1. The minimum atomic E-state index is 0.200. The first-order valence-electron chi connectivity index (χ1n) is 5.76. The summed E-state index contributed by atoms with van der Waals surface area (Å²) in [6.45, 7) is 4.98. The van der Waals surface area contributed by atoms with Crippen molar-refractivity contribution >= 4 is 17.2 Å². The third-order valence-electron chi connectivity index (χ3n) is 2.20. The van der Waals surface area contributed by atoms with E-state index in [0.29, 0.717) is 29.7 Å². The predicted octanol–water partition coefficient (Wildman–Crippen LogP) is 2.13. The molecule has 0 saturated heterocycles. The van der Waals surface area contributed by atoms with Crippen molar-refractivity contribution < 1.29 is 14.2 Å². The quantitative estimate of drug-likeness (QED) is 0.607. The van der Waals surface area contributed by atoms with Gasteiger partial charge in [0.2, 0.25) is 0 Å². The van der Waals surface area contributed by atoms with Gasteiger partial charge in [0.1, 0.15) is 23.1 Å². The molecule has 0 saturated carbocycles. The van der Waals surface area contributed by atoms with E-state index in [2.05, 4.69) is 0 Å². The van der Waals surface area contributed by atoms with E-state index in [9.17, 15) is 0 Å². The van der Waals surface area contributed by atoms with Gasteiger partial charge >= 0.3 is 0 Å². The van der Waals surface area contributed by atoms with E-state index in [1.165, 1.54) is 0 Å². The molecule has 1 aromatic rings. The van der Waals surface area contributed by atoms with Crippen LogP contribution in [0.2, 0.25) is 0 Å². The monoisotopic (exact) mass is 269 g/mol. The molecule has 0 spiro atoms. The molecular weight excluding hydrogens is 250 g/mol. The third-order valence-corrected chi connectivity index (χ3v) is 2.44. The van der Waals surface area contributed by atoms with Crippen LogP contribution < -0.4 is 15.2 Å². The summed E-state index contributed by atoms with van der Waals surface area (Å²) in [6.07, 6.45) is 0.200. The highest BCUT2D eigenvalue weighted by Gasteiger charge is 2.04. The minimum absolute atomic E-state index is 0.200. The number of hydrogen-bond acceptors (Lipinski definition) is 4. The Morgan fingerprint density at radius 1 is 1.22 bits per heavy atom. The molecule has 0 bridgehead atoms. The molecule has 0 aliphatic rings. The van der Waals surface area contributed by atoms with Crippen molar-refractivity contribution in [2.45, 2.75) is 20.0 Å². The number of benzene rings is 1. The maximum atomic E-state index is 5.60. The lowest BCUT2D eigenvalue weighted by atomic mass is 10.2. The van der Waals surface area contributed by atoms with Gasteiger partial charge in [0.05, 0.1) is 19.8 Å². The van der Waals surface area contributed by atoms with Crippen LogP contribution in [-0.2, 0) is 4.74 Å². The zero-order valence-electron chi connectivity index (χ0n) is 10.9. The summed E-state index contributed by atoms with van der Waals surface area (Å²) in [6, 6.07) is 5.36. The molecule has 1 rings (SSSR count). The molecule has 2 N–H and O–H groups in total. The Kier molecular flexibility index (Phi) is 5.88. The van der Waals surface area contributed by atoms with E-state index >= 15 is 0 Å². The average Bonchev–Trinajstić information content (AvgIpc) is 2.34. The molecule has 0 radical (unpaired) electrons. The Labute approximate surface area is 113 Å². The zero-order chi connectivity index (χ0) is 13.5. The fourth-order valence-electron chi connectivity index (χ4n) is 1.36. The Hall–Kier alpha value is -1.33. The lowest BCUT2D eigenvalue weighted by Gasteiger charge is -2.11. The van der Waals surface area contributed by atoms with Crippen LogP contribution in [0, 0.1) is 0 Å². The van der Waals surface area contributed by atoms with Crippen LogP contribution in [0.4, 0.5) is 0 Å². The maximum Gasteiger partial charge on any atom is 0.123 e. The molecule has 4 nitrogen and oxygen atoms in total. The molecule has 0 unspecified atom stereocenters. The van der Waals surface area contributed by atoms with Gasteiger partial charge in [-0.05, 0) is 26.0 Å². The molecule has 0 atom stereocenters. The first kappa shape index (κ1) is 14.7. The smallest absolute Gasteiger partial charge is 0.123 e. The van der Waals surface area contributed by atoms with Crippen molar-refractivity contribution in [2.24, 2.45) is 5.73 Å². The summed E-state index contributed by atoms with van der Waals surface area (Å²) in [5.41, 5.74) is 6.32. The van der Waals surface area contributed by atoms with Gasteiger partial charge in [-0.1, -0.05) is 12.2 Å². The Morgan fingerprint density at radius 2 is 1.89 bits per heavy atom. The van der Waals surface area contributed by atoms with Gasteiger partial charge in [0.25, 0.3) is 0 Å². The Bertz CT molecular complexity index is 407. The van der Waals surface area contributed by atoms with E-state index in [1.54, 1.807) is 25.3 Å². The van der Waals surface area contributed by atoms with Gasteiger partial charge < -0.3 is 19.9 Å². The van der Waals surface area contributed by atoms with Gasteiger partial charge in [-0.3, -0.25) is 0 Å². The summed E-state index contributed by atoms with van der Waals surface area (Å²) in [5, 5.41) is 0. The molecule has 5 heteroatoms. The highest BCUT2D eigenvalue weighted by atomic mass is 32.1. The van der Waals surface area contributed by atoms with Gasteiger partial charge in [0, 0.05) is 11.6 Å². The summed E-state index contributed by atoms with van der Waals surface area (Å²) >= 11 is 4.94. The van der Waals surface area contributed by atoms with Crippen LogP contribution in [-0.4, -0.2) is 31.4 Å². The number of methoxy groups -OCH3 is 1. The third kappa shape index (κ3) is 4.89. The number of hydrogen-bond donors (Lipinski definition) is 1. The molecule has 0 fully saturated rings. The van der Waals surface area contributed by atoms with Crippen molar-refractivity contribution in [3.8, 4) is 11.5 Å². The molecule has 0 aliphatic carbocycles. The second-order valence-corrected chi connectivity index (χ2v) is 4.47. The topological polar surface area (TPSA) is 53.7 Å². The molecular formula is C13H19NO3S. The van der Waals surface area contributed by atoms with E-state index in [0.717, 1.165) is 5.56 Å². The largest absolute Gasteiger partial charge is 0.497 e. The average molecular weight is 269 g/mol. The fourth-order valence-corrected chi connectivity index (χ4v) is 1.48. The molecule has 0 heterocycles. The second-order valence-electron chi connectivity index (χ2n) is 4.03. The van der Waals surface area contributed by atoms with Crippen LogP contribution in [0.5, 0.6) is 11.5 Å². The van der Waals surface area contributed by atoms with Crippen LogP contribution >= 0.6 is 12.2 Å².